The minimum atomic E-state index is -0.988. The molecule has 0 atom stereocenters. The first kappa shape index (κ1) is 12.8. The maximum Gasteiger partial charge on any atom is 0.335 e. The van der Waals surface area contributed by atoms with Crippen LogP contribution in [0.15, 0.2) is 30.5 Å². The summed E-state index contributed by atoms with van der Waals surface area (Å²) in [4.78, 5) is 18.6. The van der Waals surface area contributed by atoms with Gasteiger partial charge in [-0.1, -0.05) is 11.6 Å². The molecule has 94 valence electrons. The second-order valence-corrected chi connectivity index (χ2v) is 4.28. The maximum absolute atomic E-state index is 11.0. The summed E-state index contributed by atoms with van der Waals surface area (Å²) in [6.45, 7) is 11.0. The van der Waals surface area contributed by atoms with Gasteiger partial charge >= 0.3 is 5.97 Å². The number of pyridine rings is 1. The third-order valence-electron chi connectivity index (χ3n) is 3.06. The topological polar surface area (TPSA) is 54.5 Å². The summed E-state index contributed by atoms with van der Waals surface area (Å²) in [5, 5.41) is 8.98. The van der Waals surface area contributed by atoms with Gasteiger partial charge in [0.15, 0.2) is 5.69 Å². The summed E-state index contributed by atoms with van der Waals surface area (Å²) in [6, 6.07) is 6.62. The van der Waals surface area contributed by atoms with Crippen molar-refractivity contribution in [3.05, 3.63) is 58.6 Å². The standard InChI is InChI=1S/C15H12N2O2/c1-9-6-12(8-13(16-3)10(9)2)14-7-11(15(18)19)4-5-17-14/h4-8H,1-2H3,(H,18,19). The number of carboxylic acid groups (broad SMARTS) is 1. The minimum Gasteiger partial charge on any atom is -0.478 e. The van der Waals surface area contributed by atoms with E-state index in [4.69, 9.17) is 11.7 Å². The van der Waals surface area contributed by atoms with Gasteiger partial charge in [-0.2, -0.15) is 0 Å². The van der Waals surface area contributed by atoms with Crippen molar-refractivity contribution >= 4 is 11.7 Å². The molecule has 1 heterocycles. The van der Waals surface area contributed by atoms with Gasteiger partial charge in [0.1, 0.15) is 0 Å². The Morgan fingerprint density at radius 2 is 2.05 bits per heavy atom. The average Bonchev–Trinajstić information content (AvgIpc) is 2.41. The van der Waals surface area contributed by atoms with Crippen LogP contribution in [0.3, 0.4) is 0 Å². The van der Waals surface area contributed by atoms with Gasteiger partial charge in [0, 0.05) is 6.20 Å². The Hall–Kier alpha value is -2.67. The van der Waals surface area contributed by atoms with Crippen LogP contribution in [0.2, 0.25) is 0 Å². The molecule has 4 nitrogen and oxygen atoms in total. The average molecular weight is 252 g/mol. The molecule has 1 aromatic carbocycles. The first-order valence-electron chi connectivity index (χ1n) is 5.71. The van der Waals surface area contributed by atoms with Gasteiger partial charge in [-0.25, -0.2) is 9.64 Å². The van der Waals surface area contributed by atoms with E-state index in [1.54, 1.807) is 6.07 Å². The van der Waals surface area contributed by atoms with E-state index in [-0.39, 0.29) is 5.56 Å². The Morgan fingerprint density at radius 3 is 2.68 bits per heavy atom. The summed E-state index contributed by atoms with van der Waals surface area (Å²) in [5.74, 6) is -0.988. The zero-order valence-corrected chi connectivity index (χ0v) is 10.6. The van der Waals surface area contributed by atoms with Crippen molar-refractivity contribution in [3.8, 4) is 11.3 Å². The van der Waals surface area contributed by atoms with Gasteiger partial charge in [-0.3, -0.25) is 4.98 Å². The predicted octanol–water partition coefficient (Wildman–Crippen LogP) is 3.61. The number of benzene rings is 1. The predicted molar refractivity (Wildman–Crippen MR) is 72.4 cm³/mol. The van der Waals surface area contributed by atoms with Crippen LogP contribution in [0, 0.1) is 20.4 Å². The molecule has 4 heteroatoms. The molecule has 0 saturated heterocycles. The van der Waals surface area contributed by atoms with Crippen molar-refractivity contribution < 1.29 is 9.90 Å². The van der Waals surface area contributed by atoms with E-state index in [1.165, 1.54) is 18.3 Å². The van der Waals surface area contributed by atoms with Crippen molar-refractivity contribution in [3.63, 3.8) is 0 Å². The van der Waals surface area contributed by atoms with E-state index >= 15 is 0 Å². The van der Waals surface area contributed by atoms with Crippen LogP contribution in [-0.4, -0.2) is 16.1 Å². The molecule has 0 aliphatic rings. The molecular formula is C15H12N2O2. The number of rotatable bonds is 2. The van der Waals surface area contributed by atoms with Gasteiger partial charge in [-0.05, 0) is 43.2 Å². The molecule has 0 saturated carbocycles. The Labute approximate surface area is 111 Å². The number of aryl methyl sites for hydroxylation is 1. The second kappa shape index (κ2) is 4.91. The fourth-order valence-corrected chi connectivity index (χ4v) is 1.83. The molecule has 0 spiro atoms. The van der Waals surface area contributed by atoms with E-state index in [0.29, 0.717) is 11.4 Å². The number of carbonyl (C=O) groups is 1. The molecule has 19 heavy (non-hydrogen) atoms. The molecule has 0 aliphatic carbocycles. The molecular weight excluding hydrogens is 240 g/mol. The van der Waals surface area contributed by atoms with Crippen molar-refractivity contribution in [2.75, 3.05) is 0 Å². The van der Waals surface area contributed by atoms with E-state index in [9.17, 15) is 4.79 Å². The van der Waals surface area contributed by atoms with Crippen molar-refractivity contribution in [2.24, 2.45) is 0 Å². The van der Waals surface area contributed by atoms with Gasteiger partial charge < -0.3 is 5.11 Å². The largest absolute Gasteiger partial charge is 0.478 e. The zero-order valence-electron chi connectivity index (χ0n) is 10.6. The Morgan fingerprint density at radius 1 is 1.32 bits per heavy atom. The normalized spacial score (nSPS) is 9.95. The Balaban J connectivity index is 2.60. The van der Waals surface area contributed by atoms with Crippen molar-refractivity contribution in [1.29, 1.82) is 0 Å². The number of aromatic nitrogens is 1. The van der Waals surface area contributed by atoms with Crippen LogP contribution in [0.1, 0.15) is 21.5 Å². The molecule has 2 aromatic rings. The fourth-order valence-electron chi connectivity index (χ4n) is 1.83. The first-order valence-corrected chi connectivity index (χ1v) is 5.71. The van der Waals surface area contributed by atoms with Crippen LogP contribution < -0.4 is 0 Å². The number of carboxylic acids is 1. The summed E-state index contributed by atoms with van der Waals surface area (Å²) in [6.07, 6.45) is 1.46. The lowest BCUT2D eigenvalue weighted by atomic mass is 10.0. The highest BCUT2D eigenvalue weighted by Gasteiger charge is 2.09. The summed E-state index contributed by atoms with van der Waals surface area (Å²) in [7, 11) is 0. The monoisotopic (exact) mass is 252 g/mol. The highest BCUT2D eigenvalue weighted by atomic mass is 16.4. The molecule has 0 fully saturated rings. The lowest BCUT2D eigenvalue weighted by Gasteiger charge is -2.08. The molecule has 2 rings (SSSR count). The molecule has 0 bridgehead atoms. The lowest BCUT2D eigenvalue weighted by Crippen LogP contribution is -1.97. The van der Waals surface area contributed by atoms with E-state index in [2.05, 4.69) is 9.83 Å². The molecule has 0 amide bonds. The molecule has 1 N–H and O–H groups in total. The van der Waals surface area contributed by atoms with E-state index in [1.807, 2.05) is 19.9 Å². The molecule has 0 radical (unpaired) electrons. The SMILES string of the molecule is [C-]#[N+]c1cc(-c2cc(C(=O)O)ccn2)cc(C)c1C. The smallest absolute Gasteiger partial charge is 0.335 e. The van der Waals surface area contributed by atoms with Crippen molar-refractivity contribution in [1.82, 2.24) is 4.98 Å². The van der Waals surface area contributed by atoms with Gasteiger partial charge in [-0.15, -0.1) is 0 Å². The van der Waals surface area contributed by atoms with E-state index in [0.717, 1.165) is 16.7 Å². The third kappa shape index (κ3) is 2.45. The van der Waals surface area contributed by atoms with Crippen LogP contribution in [0.5, 0.6) is 0 Å². The van der Waals surface area contributed by atoms with Gasteiger partial charge in [0.25, 0.3) is 0 Å². The number of hydrogen-bond donors (Lipinski definition) is 1. The fraction of sp³-hybridized carbons (Fsp3) is 0.133. The first-order chi connectivity index (χ1) is 9.02. The number of aromatic carboxylic acids is 1. The van der Waals surface area contributed by atoms with Crippen LogP contribution >= 0.6 is 0 Å². The van der Waals surface area contributed by atoms with Crippen LogP contribution in [-0.2, 0) is 0 Å². The van der Waals surface area contributed by atoms with Crippen LogP contribution in [0.4, 0.5) is 5.69 Å². The molecule has 0 aliphatic heterocycles. The summed E-state index contributed by atoms with van der Waals surface area (Å²) < 4.78 is 0. The summed E-state index contributed by atoms with van der Waals surface area (Å²) in [5.41, 5.74) is 4.01. The zero-order chi connectivity index (χ0) is 14.0. The number of nitrogens with zero attached hydrogens (tertiary/aromatic N) is 2. The highest BCUT2D eigenvalue weighted by Crippen LogP contribution is 2.29. The van der Waals surface area contributed by atoms with Crippen molar-refractivity contribution in [2.45, 2.75) is 13.8 Å². The second-order valence-electron chi connectivity index (χ2n) is 4.28. The quantitative estimate of drug-likeness (QED) is 0.830. The van der Waals surface area contributed by atoms with E-state index < -0.39 is 5.97 Å². The molecule has 1 aromatic heterocycles. The lowest BCUT2D eigenvalue weighted by molar-refractivity contribution is 0.0697. The van der Waals surface area contributed by atoms with Crippen LogP contribution in [0.25, 0.3) is 16.1 Å². The Bertz CT molecular complexity index is 700. The van der Waals surface area contributed by atoms with Gasteiger partial charge in [0.05, 0.1) is 17.8 Å². The number of hydrogen-bond acceptors (Lipinski definition) is 2. The third-order valence-corrected chi connectivity index (χ3v) is 3.06. The maximum atomic E-state index is 11.0. The minimum absolute atomic E-state index is 0.188. The summed E-state index contributed by atoms with van der Waals surface area (Å²) >= 11 is 0. The van der Waals surface area contributed by atoms with Gasteiger partial charge in [0.2, 0.25) is 0 Å². The highest BCUT2D eigenvalue weighted by molar-refractivity contribution is 5.89. The molecule has 0 unspecified atom stereocenters. The Kier molecular flexibility index (Phi) is 3.30.